The summed E-state index contributed by atoms with van der Waals surface area (Å²) in [6, 6.07) is 10.5. The van der Waals surface area contributed by atoms with Crippen molar-refractivity contribution in [1.82, 2.24) is 10.6 Å². The topological polar surface area (TPSA) is 56.6 Å². The van der Waals surface area contributed by atoms with E-state index in [0.29, 0.717) is 5.92 Å². The Morgan fingerprint density at radius 1 is 1.37 bits per heavy atom. The maximum atomic E-state index is 9.72. The molecule has 4 heteroatoms. The second kappa shape index (κ2) is 5.21. The summed E-state index contributed by atoms with van der Waals surface area (Å²) in [5.41, 5.74) is 1.32. The smallest absolute Gasteiger partial charge is 0.191 e. The van der Waals surface area contributed by atoms with E-state index in [1.54, 1.807) is 0 Å². The molecule has 1 heterocycles. The number of hydrogen-bond donors (Lipinski definition) is 3. The molecular formula is C15H21N3O. The van der Waals surface area contributed by atoms with Crippen LogP contribution in [0.15, 0.2) is 35.3 Å². The first-order valence-corrected chi connectivity index (χ1v) is 7.02. The monoisotopic (exact) mass is 259 g/mol. The second-order valence-electron chi connectivity index (χ2n) is 5.55. The van der Waals surface area contributed by atoms with E-state index in [2.05, 4.69) is 39.9 Å². The molecule has 1 saturated carbocycles. The molecule has 2 atom stereocenters. The highest BCUT2D eigenvalue weighted by Crippen LogP contribution is 2.58. The Morgan fingerprint density at radius 3 is 2.89 bits per heavy atom. The fraction of sp³-hybridized carbons (Fsp3) is 0.533. The van der Waals surface area contributed by atoms with Crippen molar-refractivity contribution in [2.24, 2.45) is 10.4 Å². The number of nitrogens with zero attached hydrogens (tertiary/aromatic N) is 1. The van der Waals surface area contributed by atoms with Crippen molar-refractivity contribution in [1.29, 1.82) is 0 Å². The maximum Gasteiger partial charge on any atom is 0.191 e. The minimum Gasteiger partial charge on any atom is -0.396 e. The van der Waals surface area contributed by atoms with Crippen molar-refractivity contribution >= 4 is 5.96 Å². The van der Waals surface area contributed by atoms with Gasteiger partial charge in [0.25, 0.3) is 0 Å². The number of hydrogen-bond acceptors (Lipinski definition) is 4. The number of aliphatic imine (C=N–C) groups is 1. The maximum absolute atomic E-state index is 9.72. The molecule has 102 valence electrons. The predicted molar refractivity (Wildman–Crippen MR) is 76.2 cm³/mol. The summed E-state index contributed by atoms with van der Waals surface area (Å²) in [5, 5.41) is 16.3. The molecule has 19 heavy (non-hydrogen) atoms. The summed E-state index contributed by atoms with van der Waals surface area (Å²) in [6.07, 6.45) is 2.15. The van der Waals surface area contributed by atoms with Crippen molar-refractivity contribution in [3.63, 3.8) is 0 Å². The van der Waals surface area contributed by atoms with E-state index in [0.717, 1.165) is 38.4 Å². The van der Waals surface area contributed by atoms with Crippen LogP contribution < -0.4 is 10.6 Å². The Balaban J connectivity index is 1.61. The molecule has 1 fully saturated rings. The normalized spacial score (nSPS) is 29.3. The Labute approximate surface area is 113 Å². The molecule has 3 N–H and O–H groups in total. The largest absolute Gasteiger partial charge is 0.396 e. The van der Waals surface area contributed by atoms with Gasteiger partial charge in [-0.3, -0.25) is 4.99 Å². The Kier molecular flexibility index (Phi) is 3.42. The van der Waals surface area contributed by atoms with Crippen LogP contribution in [0.5, 0.6) is 0 Å². The second-order valence-corrected chi connectivity index (χ2v) is 5.55. The van der Waals surface area contributed by atoms with E-state index >= 15 is 0 Å². The number of rotatable bonds is 4. The molecule has 2 unspecified atom stereocenters. The van der Waals surface area contributed by atoms with E-state index in [9.17, 15) is 5.11 Å². The SMILES string of the molecule is OCC1(CNC2=NCCCN2)CC1c1ccccc1. The summed E-state index contributed by atoms with van der Waals surface area (Å²) in [6.45, 7) is 2.89. The van der Waals surface area contributed by atoms with Gasteiger partial charge in [-0.1, -0.05) is 30.3 Å². The van der Waals surface area contributed by atoms with Crippen LogP contribution in [0, 0.1) is 5.41 Å². The van der Waals surface area contributed by atoms with Crippen LogP contribution >= 0.6 is 0 Å². The Hall–Kier alpha value is -1.55. The zero-order chi connectivity index (χ0) is 13.1. The van der Waals surface area contributed by atoms with Crippen molar-refractivity contribution in [3.05, 3.63) is 35.9 Å². The molecule has 0 amide bonds. The van der Waals surface area contributed by atoms with Crippen LogP contribution in [0.2, 0.25) is 0 Å². The van der Waals surface area contributed by atoms with Gasteiger partial charge in [0.05, 0.1) is 6.61 Å². The van der Waals surface area contributed by atoms with Crippen LogP contribution in [-0.4, -0.2) is 37.3 Å². The quantitative estimate of drug-likeness (QED) is 0.759. The van der Waals surface area contributed by atoms with Crippen LogP contribution in [0.25, 0.3) is 0 Å². The van der Waals surface area contributed by atoms with Gasteiger partial charge in [0.15, 0.2) is 5.96 Å². The lowest BCUT2D eigenvalue weighted by molar-refractivity contribution is 0.207. The van der Waals surface area contributed by atoms with E-state index in [1.165, 1.54) is 5.56 Å². The third-order valence-electron chi connectivity index (χ3n) is 4.21. The van der Waals surface area contributed by atoms with Gasteiger partial charge < -0.3 is 15.7 Å². The molecule has 2 aliphatic rings. The van der Waals surface area contributed by atoms with Gasteiger partial charge in [0, 0.05) is 25.0 Å². The van der Waals surface area contributed by atoms with Crippen molar-refractivity contribution in [3.8, 4) is 0 Å². The predicted octanol–water partition coefficient (Wildman–Crippen LogP) is 1.09. The standard InChI is InChI=1S/C15H21N3O/c19-11-15(10-18-14-16-7-4-8-17-14)9-13(15)12-5-2-1-3-6-12/h1-3,5-6,13,19H,4,7-11H2,(H2,16,17,18). The van der Waals surface area contributed by atoms with Gasteiger partial charge in [0.2, 0.25) is 0 Å². The molecule has 0 bridgehead atoms. The lowest BCUT2D eigenvalue weighted by Crippen LogP contribution is -2.43. The van der Waals surface area contributed by atoms with E-state index in [-0.39, 0.29) is 12.0 Å². The fourth-order valence-corrected chi connectivity index (χ4v) is 2.84. The molecule has 1 aromatic carbocycles. The Morgan fingerprint density at radius 2 is 2.21 bits per heavy atom. The average molecular weight is 259 g/mol. The summed E-state index contributed by atoms with van der Waals surface area (Å²) in [4.78, 5) is 4.41. The van der Waals surface area contributed by atoms with Gasteiger partial charge in [-0.15, -0.1) is 0 Å². The highest BCUT2D eigenvalue weighted by atomic mass is 16.3. The molecule has 4 nitrogen and oxygen atoms in total. The van der Waals surface area contributed by atoms with Gasteiger partial charge in [-0.25, -0.2) is 0 Å². The first-order valence-electron chi connectivity index (χ1n) is 7.02. The lowest BCUT2D eigenvalue weighted by atomic mass is 10.00. The minimum absolute atomic E-state index is 0.0109. The molecule has 0 radical (unpaired) electrons. The number of guanidine groups is 1. The van der Waals surface area contributed by atoms with Gasteiger partial charge >= 0.3 is 0 Å². The van der Waals surface area contributed by atoms with Crippen molar-refractivity contribution in [2.75, 3.05) is 26.2 Å². The highest BCUT2D eigenvalue weighted by Gasteiger charge is 2.54. The number of nitrogens with one attached hydrogen (secondary N) is 2. The van der Waals surface area contributed by atoms with E-state index < -0.39 is 0 Å². The molecule has 0 spiro atoms. The summed E-state index contributed by atoms with van der Waals surface area (Å²) in [7, 11) is 0. The molecule has 1 aromatic rings. The number of benzene rings is 1. The third kappa shape index (κ3) is 2.59. The zero-order valence-electron chi connectivity index (χ0n) is 11.1. The van der Waals surface area contributed by atoms with Crippen LogP contribution in [0.1, 0.15) is 24.3 Å². The van der Waals surface area contributed by atoms with Gasteiger partial charge in [-0.05, 0) is 24.3 Å². The molecule has 0 saturated heterocycles. The zero-order valence-corrected chi connectivity index (χ0v) is 11.1. The van der Waals surface area contributed by atoms with Crippen molar-refractivity contribution in [2.45, 2.75) is 18.8 Å². The number of aliphatic hydroxyl groups excluding tert-OH is 1. The molecule has 1 aliphatic carbocycles. The molecule has 1 aliphatic heterocycles. The Bertz CT molecular complexity index is 460. The fourth-order valence-electron chi connectivity index (χ4n) is 2.84. The van der Waals surface area contributed by atoms with Gasteiger partial charge in [-0.2, -0.15) is 0 Å². The summed E-state index contributed by atoms with van der Waals surface area (Å²) in [5.74, 6) is 1.35. The van der Waals surface area contributed by atoms with Crippen molar-refractivity contribution < 1.29 is 5.11 Å². The van der Waals surface area contributed by atoms with E-state index in [4.69, 9.17) is 0 Å². The van der Waals surface area contributed by atoms with Crippen LogP contribution in [-0.2, 0) is 0 Å². The third-order valence-corrected chi connectivity index (χ3v) is 4.21. The first kappa shape index (κ1) is 12.5. The highest BCUT2D eigenvalue weighted by molar-refractivity contribution is 5.80. The molecule has 3 rings (SSSR count). The first-order chi connectivity index (χ1) is 9.34. The summed E-state index contributed by atoms with van der Waals surface area (Å²) < 4.78 is 0. The average Bonchev–Trinajstić information content (AvgIpc) is 3.23. The minimum atomic E-state index is -0.0109. The lowest BCUT2D eigenvalue weighted by Gasteiger charge is -2.20. The van der Waals surface area contributed by atoms with Gasteiger partial charge in [0.1, 0.15) is 0 Å². The van der Waals surface area contributed by atoms with Crippen LogP contribution in [0.4, 0.5) is 0 Å². The summed E-state index contributed by atoms with van der Waals surface area (Å²) >= 11 is 0. The molecular weight excluding hydrogens is 238 g/mol. The molecule has 0 aromatic heterocycles. The van der Waals surface area contributed by atoms with E-state index in [1.807, 2.05) is 6.07 Å². The van der Waals surface area contributed by atoms with Crippen LogP contribution in [0.3, 0.4) is 0 Å². The number of aliphatic hydroxyl groups is 1.